The Morgan fingerprint density at radius 1 is 1.19 bits per heavy atom. The van der Waals surface area contributed by atoms with Gasteiger partial charge in [0.2, 0.25) is 11.8 Å². The van der Waals surface area contributed by atoms with Gasteiger partial charge in [0.05, 0.1) is 12.5 Å². The number of nitrogens with two attached hydrogens (primary N) is 3. The van der Waals surface area contributed by atoms with Crippen LogP contribution in [0.2, 0.25) is 0 Å². The van der Waals surface area contributed by atoms with Crippen molar-refractivity contribution in [2.75, 3.05) is 6.54 Å². The Balaban J connectivity index is 5.08. The van der Waals surface area contributed by atoms with Crippen LogP contribution < -0.4 is 17.2 Å². The number of hydrogen-bond acceptors (Lipinski definition) is 5. The molecule has 0 aromatic heterocycles. The molecule has 0 aromatic carbocycles. The summed E-state index contributed by atoms with van der Waals surface area (Å²) in [6, 6.07) is -2.46. The first-order valence-electron chi connectivity index (χ1n) is 7.01. The highest BCUT2D eigenvalue weighted by Gasteiger charge is 2.34. The van der Waals surface area contributed by atoms with Crippen molar-refractivity contribution < 1.29 is 19.5 Å². The molecule has 0 rings (SSSR count). The number of carbonyl (C=O) groups is 3. The van der Waals surface area contributed by atoms with Crippen LogP contribution in [0.25, 0.3) is 0 Å². The van der Waals surface area contributed by atoms with Crippen LogP contribution in [0, 0.1) is 0 Å². The summed E-state index contributed by atoms with van der Waals surface area (Å²) in [6.07, 6.45) is 1.25. The molecule has 0 saturated carbocycles. The van der Waals surface area contributed by atoms with Crippen LogP contribution in [0.1, 0.15) is 39.5 Å². The van der Waals surface area contributed by atoms with Crippen molar-refractivity contribution in [1.29, 1.82) is 0 Å². The number of aliphatic carboxylic acids is 1. The summed E-state index contributed by atoms with van der Waals surface area (Å²) in [6.45, 7) is 3.87. The second kappa shape index (κ2) is 9.30. The van der Waals surface area contributed by atoms with Crippen molar-refractivity contribution >= 4 is 17.8 Å². The van der Waals surface area contributed by atoms with Gasteiger partial charge >= 0.3 is 5.97 Å². The van der Waals surface area contributed by atoms with Gasteiger partial charge in [-0.3, -0.25) is 9.59 Å². The van der Waals surface area contributed by atoms with E-state index in [4.69, 9.17) is 17.2 Å². The maximum Gasteiger partial charge on any atom is 0.326 e. The SMILES string of the molecule is CC(C)N(C(=O)[C@@H](N)CC(N)=O)[C@@H](CCCCN)C(=O)O. The predicted molar refractivity (Wildman–Crippen MR) is 78.1 cm³/mol. The van der Waals surface area contributed by atoms with Crippen LogP contribution in [-0.2, 0) is 14.4 Å². The quantitative estimate of drug-likeness (QED) is 0.380. The highest BCUT2D eigenvalue weighted by Crippen LogP contribution is 2.15. The van der Waals surface area contributed by atoms with Gasteiger partial charge < -0.3 is 27.2 Å². The summed E-state index contributed by atoms with van der Waals surface area (Å²) in [5.74, 6) is -2.38. The number of primary amides is 1. The monoisotopic (exact) mass is 302 g/mol. The van der Waals surface area contributed by atoms with Gasteiger partial charge in [-0.05, 0) is 39.7 Å². The van der Waals surface area contributed by atoms with E-state index in [9.17, 15) is 19.5 Å². The molecule has 0 bridgehead atoms. The number of carbonyl (C=O) groups excluding carboxylic acids is 2. The van der Waals surface area contributed by atoms with Gasteiger partial charge in [-0.25, -0.2) is 4.79 Å². The lowest BCUT2D eigenvalue weighted by atomic mass is 10.0. The lowest BCUT2D eigenvalue weighted by Crippen LogP contribution is -2.55. The van der Waals surface area contributed by atoms with Gasteiger partial charge in [0, 0.05) is 6.04 Å². The summed E-state index contributed by atoms with van der Waals surface area (Å²) in [4.78, 5) is 35.8. The largest absolute Gasteiger partial charge is 0.480 e. The Hall–Kier alpha value is -1.67. The fraction of sp³-hybridized carbons (Fsp3) is 0.769. The third-order valence-corrected chi connectivity index (χ3v) is 3.10. The zero-order chi connectivity index (χ0) is 16.6. The maximum atomic E-state index is 12.3. The standard InChI is InChI=1S/C13H26N4O4/c1-8(2)17(12(19)9(15)7-11(16)18)10(13(20)21)5-3-4-6-14/h8-10H,3-7,14-15H2,1-2H3,(H2,16,18)(H,20,21)/t9-,10-/m0/s1. The van der Waals surface area contributed by atoms with Crippen LogP contribution in [0.15, 0.2) is 0 Å². The zero-order valence-corrected chi connectivity index (χ0v) is 12.6. The fourth-order valence-corrected chi connectivity index (χ4v) is 2.13. The molecule has 8 heteroatoms. The molecule has 0 aliphatic heterocycles. The third kappa shape index (κ3) is 6.54. The number of carboxylic acid groups (broad SMARTS) is 1. The van der Waals surface area contributed by atoms with Gasteiger partial charge in [0.25, 0.3) is 0 Å². The summed E-state index contributed by atoms with van der Waals surface area (Å²) in [5, 5.41) is 9.35. The van der Waals surface area contributed by atoms with E-state index in [1.54, 1.807) is 13.8 Å². The fourth-order valence-electron chi connectivity index (χ4n) is 2.13. The van der Waals surface area contributed by atoms with Gasteiger partial charge in [-0.1, -0.05) is 0 Å². The molecule has 0 aromatic rings. The average Bonchev–Trinajstić information content (AvgIpc) is 2.35. The predicted octanol–water partition coefficient (Wildman–Crippen LogP) is -0.992. The average molecular weight is 302 g/mol. The van der Waals surface area contributed by atoms with Gasteiger partial charge in [-0.15, -0.1) is 0 Å². The molecule has 0 aliphatic carbocycles. The summed E-state index contributed by atoms with van der Waals surface area (Å²) in [5.41, 5.74) is 16.1. The molecule has 0 spiro atoms. The molecule has 122 valence electrons. The molecule has 0 radical (unpaired) electrons. The van der Waals surface area contributed by atoms with Gasteiger partial charge in [-0.2, -0.15) is 0 Å². The first kappa shape index (κ1) is 19.3. The highest BCUT2D eigenvalue weighted by molar-refractivity contribution is 5.90. The molecular formula is C13H26N4O4. The van der Waals surface area contributed by atoms with Crippen molar-refractivity contribution in [3.05, 3.63) is 0 Å². The maximum absolute atomic E-state index is 12.3. The van der Waals surface area contributed by atoms with E-state index < -0.39 is 29.9 Å². The lowest BCUT2D eigenvalue weighted by molar-refractivity contribution is -0.153. The van der Waals surface area contributed by atoms with Crippen molar-refractivity contribution in [3.63, 3.8) is 0 Å². The highest BCUT2D eigenvalue weighted by atomic mass is 16.4. The van der Waals surface area contributed by atoms with E-state index in [-0.39, 0.29) is 12.5 Å². The Morgan fingerprint density at radius 3 is 2.14 bits per heavy atom. The topological polar surface area (TPSA) is 153 Å². The number of hydrogen-bond donors (Lipinski definition) is 4. The zero-order valence-electron chi connectivity index (χ0n) is 12.6. The molecule has 7 N–H and O–H groups in total. The van der Waals surface area contributed by atoms with E-state index in [0.717, 1.165) is 0 Å². The van der Waals surface area contributed by atoms with Gasteiger partial charge in [0.15, 0.2) is 0 Å². The molecule has 21 heavy (non-hydrogen) atoms. The lowest BCUT2D eigenvalue weighted by Gasteiger charge is -2.34. The van der Waals surface area contributed by atoms with Crippen molar-refractivity contribution in [2.45, 2.75) is 57.7 Å². The first-order chi connectivity index (χ1) is 9.72. The minimum absolute atomic E-state index is 0.291. The van der Waals surface area contributed by atoms with Crippen molar-refractivity contribution in [2.24, 2.45) is 17.2 Å². The number of amides is 2. The molecule has 8 nitrogen and oxygen atoms in total. The minimum atomic E-state index is -1.12. The molecule has 0 heterocycles. The molecule has 2 amide bonds. The van der Waals surface area contributed by atoms with Gasteiger partial charge in [0.1, 0.15) is 6.04 Å². The van der Waals surface area contributed by atoms with E-state index >= 15 is 0 Å². The Morgan fingerprint density at radius 2 is 1.76 bits per heavy atom. The molecular weight excluding hydrogens is 276 g/mol. The Kier molecular flexibility index (Phi) is 8.56. The van der Waals surface area contributed by atoms with E-state index in [2.05, 4.69) is 0 Å². The van der Waals surface area contributed by atoms with Crippen molar-refractivity contribution in [1.82, 2.24) is 4.90 Å². The first-order valence-corrected chi connectivity index (χ1v) is 7.01. The summed E-state index contributed by atoms with van der Waals surface area (Å²) < 4.78 is 0. The number of nitrogens with zero attached hydrogens (tertiary/aromatic N) is 1. The second-order valence-corrected chi connectivity index (χ2v) is 5.25. The van der Waals surface area contributed by atoms with Crippen LogP contribution in [0.5, 0.6) is 0 Å². The van der Waals surface area contributed by atoms with E-state index in [1.807, 2.05) is 0 Å². The molecule has 2 atom stereocenters. The Bertz CT molecular complexity index is 373. The smallest absolute Gasteiger partial charge is 0.326 e. The van der Waals surface area contributed by atoms with Crippen LogP contribution in [0.3, 0.4) is 0 Å². The molecule has 0 saturated heterocycles. The second-order valence-electron chi connectivity index (χ2n) is 5.25. The molecule has 0 unspecified atom stereocenters. The van der Waals surface area contributed by atoms with Crippen molar-refractivity contribution in [3.8, 4) is 0 Å². The van der Waals surface area contributed by atoms with E-state index in [0.29, 0.717) is 25.8 Å². The van der Waals surface area contributed by atoms with E-state index in [1.165, 1.54) is 4.90 Å². The van der Waals surface area contributed by atoms with Crippen LogP contribution in [-0.4, -0.2) is 52.5 Å². The molecule has 0 aliphatic rings. The van der Waals surface area contributed by atoms with Crippen LogP contribution >= 0.6 is 0 Å². The Labute approximate surface area is 124 Å². The summed E-state index contributed by atoms with van der Waals surface area (Å²) >= 11 is 0. The number of carboxylic acids is 1. The normalized spacial score (nSPS) is 13.8. The number of unbranched alkanes of at least 4 members (excludes halogenated alkanes) is 1. The molecule has 0 fully saturated rings. The third-order valence-electron chi connectivity index (χ3n) is 3.10. The van der Waals surface area contributed by atoms with Crippen LogP contribution in [0.4, 0.5) is 0 Å². The summed E-state index contributed by atoms with van der Waals surface area (Å²) in [7, 11) is 0. The number of rotatable bonds is 10. The minimum Gasteiger partial charge on any atom is -0.480 e.